The van der Waals surface area contributed by atoms with Gasteiger partial charge in [-0.25, -0.2) is 18.2 Å². The maximum Gasteiger partial charge on any atom is 0.274 e. The van der Waals surface area contributed by atoms with E-state index in [1.54, 1.807) is 0 Å². The lowest BCUT2D eigenvalue weighted by molar-refractivity contribution is 0.0778. The number of piperidine rings is 1. The minimum Gasteiger partial charge on any atom is -0.387 e. The van der Waals surface area contributed by atoms with Crippen LogP contribution in [-0.4, -0.2) is 45.2 Å². The summed E-state index contributed by atoms with van der Waals surface area (Å²) in [6.45, 7) is 6.08. The van der Waals surface area contributed by atoms with Gasteiger partial charge in [0.15, 0.2) is 0 Å². The highest BCUT2D eigenvalue weighted by molar-refractivity contribution is 6.05. The molecule has 0 saturated carbocycles. The van der Waals surface area contributed by atoms with Gasteiger partial charge in [0, 0.05) is 24.7 Å². The lowest BCUT2D eigenvalue weighted by atomic mass is 9.95. The molecule has 0 spiro atoms. The summed E-state index contributed by atoms with van der Waals surface area (Å²) in [5, 5.41) is 23.3. The quantitative estimate of drug-likeness (QED) is 0.372. The summed E-state index contributed by atoms with van der Waals surface area (Å²) in [4.78, 5) is 23.8. The van der Waals surface area contributed by atoms with Crippen molar-refractivity contribution in [2.45, 2.75) is 57.8 Å². The molecule has 11 heteroatoms. The molecule has 1 aromatic carbocycles. The molecule has 2 aliphatic rings. The third-order valence-corrected chi connectivity index (χ3v) is 7.49. The fraction of sp³-hybridized carbons (Fsp3) is 0.414. The number of fused-ring (bicyclic) bond motifs is 1. The number of hydrogen-bond donors (Lipinski definition) is 4. The van der Waals surface area contributed by atoms with Gasteiger partial charge in [0.1, 0.15) is 28.8 Å². The van der Waals surface area contributed by atoms with Crippen LogP contribution in [0.25, 0.3) is 11.3 Å². The van der Waals surface area contributed by atoms with Crippen molar-refractivity contribution in [3.8, 4) is 11.3 Å². The summed E-state index contributed by atoms with van der Waals surface area (Å²) >= 11 is 0. The van der Waals surface area contributed by atoms with Crippen LogP contribution >= 0.6 is 0 Å². The van der Waals surface area contributed by atoms with E-state index < -0.39 is 46.3 Å². The molecule has 8 nitrogen and oxygen atoms in total. The average molecular weight is 556 g/mol. The molecule has 212 valence electrons. The van der Waals surface area contributed by atoms with Crippen LogP contribution in [0, 0.1) is 23.4 Å². The van der Waals surface area contributed by atoms with Crippen molar-refractivity contribution in [1.82, 2.24) is 9.97 Å². The molecule has 1 amide bonds. The SMILES string of the molecule is C[C@@H]1C[C@H](N)CN(c2c(NC(=O)c3ccc(F)c(-c4c(F)cc(C(C)(C)O)cc4F)n3)cnc3c2CC[C@H]3O)C1. The Morgan fingerprint density at radius 1 is 1.15 bits per heavy atom. The third-order valence-electron chi connectivity index (χ3n) is 7.49. The van der Waals surface area contributed by atoms with Gasteiger partial charge in [-0.15, -0.1) is 0 Å². The number of halogens is 3. The van der Waals surface area contributed by atoms with Gasteiger partial charge in [-0.3, -0.25) is 9.78 Å². The number of aliphatic hydroxyl groups is 2. The lowest BCUT2D eigenvalue weighted by Crippen LogP contribution is -2.47. The molecule has 1 aliphatic carbocycles. The molecular weight excluding hydrogens is 523 g/mol. The van der Waals surface area contributed by atoms with E-state index in [0.29, 0.717) is 43.2 Å². The van der Waals surface area contributed by atoms with E-state index in [1.165, 1.54) is 20.0 Å². The number of amides is 1. The van der Waals surface area contributed by atoms with Crippen molar-refractivity contribution in [2.75, 3.05) is 23.3 Å². The van der Waals surface area contributed by atoms with Gasteiger partial charge in [-0.1, -0.05) is 6.92 Å². The van der Waals surface area contributed by atoms with E-state index in [1.807, 2.05) is 0 Å². The minimum atomic E-state index is -1.53. The van der Waals surface area contributed by atoms with Crippen LogP contribution in [0.15, 0.2) is 30.5 Å². The van der Waals surface area contributed by atoms with Gasteiger partial charge in [0.2, 0.25) is 0 Å². The van der Waals surface area contributed by atoms with Gasteiger partial charge in [-0.05, 0) is 68.9 Å². The summed E-state index contributed by atoms with van der Waals surface area (Å²) in [7, 11) is 0. The number of nitrogens with one attached hydrogen (secondary N) is 1. The van der Waals surface area contributed by atoms with E-state index >= 15 is 0 Å². The number of nitrogens with zero attached hydrogens (tertiary/aromatic N) is 3. The van der Waals surface area contributed by atoms with E-state index in [0.717, 1.165) is 41.9 Å². The number of aromatic nitrogens is 2. The van der Waals surface area contributed by atoms with Gasteiger partial charge in [0.05, 0.1) is 40.5 Å². The second-order valence-corrected chi connectivity index (χ2v) is 11.3. The topological polar surface area (TPSA) is 125 Å². The monoisotopic (exact) mass is 555 g/mol. The Bertz CT molecular complexity index is 1440. The van der Waals surface area contributed by atoms with Crippen molar-refractivity contribution in [3.63, 3.8) is 0 Å². The highest BCUT2D eigenvalue weighted by Gasteiger charge is 2.33. The van der Waals surface area contributed by atoms with Gasteiger partial charge in [-0.2, -0.15) is 0 Å². The first-order valence-corrected chi connectivity index (χ1v) is 13.2. The molecule has 1 saturated heterocycles. The molecule has 5 rings (SSSR count). The molecule has 3 atom stereocenters. The van der Waals surface area contributed by atoms with Crippen LogP contribution in [0.4, 0.5) is 24.5 Å². The molecule has 1 fully saturated rings. The normalized spacial score (nSPS) is 20.9. The molecule has 2 aromatic heterocycles. The molecule has 0 radical (unpaired) electrons. The number of aliphatic hydroxyl groups excluding tert-OH is 1. The van der Waals surface area contributed by atoms with Crippen LogP contribution in [0.3, 0.4) is 0 Å². The molecule has 0 unspecified atom stereocenters. The molecule has 0 bridgehead atoms. The Morgan fingerprint density at radius 3 is 2.50 bits per heavy atom. The van der Waals surface area contributed by atoms with E-state index in [9.17, 15) is 28.2 Å². The second-order valence-electron chi connectivity index (χ2n) is 11.3. The molecule has 40 heavy (non-hydrogen) atoms. The van der Waals surface area contributed by atoms with Gasteiger partial charge >= 0.3 is 0 Å². The number of carbonyl (C=O) groups is 1. The van der Waals surface area contributed by atoms with Crippen molar-refractivity contribution in [2.24, 2.45) is 11.7 Å². The van der Waals surface area contributed by atoms with Crippen LogP contribution in [0.1, 0.15) is 67.0 Å². The number of pyridine rings is 2. The Hall–Kier alpha value is -3.54. The zero-order valence-electron chi connectivity index (χ0n) is 22.5. The fourth-order valence-corrected chi connectivity index (χ4v) is 5.63. The Labute approximate surface area is 230 Å². The zero-order chi connectivity index (χ0) is 28.9. The minimum absolute atomic E-state index is 0.0333. The first kappa shape index (κ1) is 28.0. The maximum absolute atomic E-state index is 15.0. The van der Waals surface area contributed by atoms with Crippen LogP contribution < -0.4 is 16.0 Å². The summed E-state index contributed by atoms with van der Waals surface area (Å²) in [5.74, 6) is -3.70. The van der Waals surface area contributed by atoms with Crippen LogP contribution in [0.5, 0.6) is 0 Å². The van der Waals surface area contributed by atoms with Crippen LogP contribution in [-0.2, 0) is 12.0 Å². The molecular formula is C29H32F3N5O3. The maximum atomic E-state index is 15.0. The Kier molecular flexibility index (Phi) is 7.32. The smallest absolute Gasteiger partial charge is 0.274 e. The van der Waals surface area contributed by atoms with Crippen molar-refractivity contribution in [1.29, 1.82) is 0 Å². The number of hydrogen-bond acceptors (Lipinski definition) is 7. The van der Waals surface area contributed by atoms with Crippen LogP contribution in [0.2, 0.25) is 0 Å². The molecule has 3 heterocycles. The number of benzene rings is 1. The summed E-state index contributed by atoms with van der Waals surface area (Å²) < 4.78 is 44.7. The van der Waals surface area contributed by atoms with E-state index in [4.69, 9.17) is 5.73 Å². The standard InChI is InChI=1S/C29H32F3N5O3/c1-14-8-16(33)13-37(12-14)27-17-4-7-23(38)25(17)34-11-22(27)36-28(39)21-6-5-18(30)26(35-21)24-19(31)9-15(10-20(24)32)29(2,3)40/h5-6,9-11,14,16,23,38,40H,4,7-8,12-13,33H2,1-3H3,(H,36,39)/t14-,16+,23-/m1/s1. The predicted molar refractivity (Wildman–Crippen MR) is 144 cm³/mol. The molecule has 5 N–H and O–H groups in total. The first-order valence-electron chi connectivity index (χ1n) is 13.2. The number of rotatable bonds is 5. The fourth-order valence-electron chi connectivity index (χ4n) is 5.63. The van der Waals surface area contributed by atoms with Crippen molar-refractivity contribution < 1.29 is 28.2 Å². The largest absolute Gasteiger partial charge is 0.387 e. The van der Waals surface area contributed by atoms with Gasteiger partial charge in [0.25, 0.3) is 5.91 Å². The van der Waals surface area contributed by atoms with Crippen molar-refractivity contribution in [3.05, 3.63) is 70.4 Å². The number of nitrogens with two attached hydrogens (primary N) is 1. The predicted octanol–water partition coefficient (Wildman–Crippen LogP) is 4.19. The zero-order valence-corrected chi connectivity index (χ0v) is 22.5. The number of anilines is 2. The average Bonchev–Trinajstić information content (AvgIpc) is 3.23. The molecule has 1 aliphatic heterocycles. The summed E-state index contributed by atoms with van der Waals surface area (Å²) in [6, 6.07) is 3.79. The highest BCUT2D eigenvalue weighted by Crippen LogP contribution is 2.42. The second kappa shape index (κ2) is 10.5. The number of carbonyl (C=O) groups excluding carboxylic acids is 1. The Morgan fingerprint density at radius 2 is 1.85 bits per heavy atom. The first-order chi connectivity index (χ1) is 18.8. The molecule has 3 aromatic rings. The Balaban J connectivity index is 1.51. The van der Waals surface area contributed by atoms with Gasteiger partial charge < -0.3 is 26.2 Å². The lowest BCUT2D eigenvalue weighted by Gasteiger charge is -2.38. The van der Waals surface area contributed by atoms with E-state index in [-0.39, 0.29) is 17.3 Å². The van der Waals surface area contributed by atoms with Crippen molar-refractivity contribution >= 4 is 17.3 Å². The summed E-state index contributed by atoms with van der Waals surface area (Å²) in [5.41, 5.74) is 5.54. The van der Waals surface area contributed by atoms with E-state index in [2.05, 4.69) is 27.1 Å². The summed E-state index contributed by atoms with van der Waals surface area (Å²) in [6.07, 6.45) is 2.70. The third kappa shape index (κ3) is 5.28. The highest BCUT2D eigenvalue weighted by atomic mass is 19.1.